The lowest BCUT2D eigenvalue weighted by Gasteiger charge is -2.32. The highest BCUT2D eigenvalue weighted by molar-refractivity contribution is 9.10. The Bertz CT molecular complexity index is 578. The van der Waals surface area contributed by atoms with Crippen LogP contribution in [0.3, 0.4) is 0 Å². The molecule has 6 heteroatoms. The second-order valence-corrected chi connectivity index (χ2v) is 8.18. The molecule has 0 saturated carbocycles. The molecule has 1 aromatic rings. The van der Waals surface area contributed by atoms with Gasteiger partial charge >= 0.3 is 0 Å². The van der Waals surface area contributed by atoms with E-state index in [4.69, 9.17) is 0 Å². The first-order valence-electron chi connectivity index (χ1n) is 6.76. The third kappa shape index (κ3) is 3.24. The Morgan fingerprint density at radius 1 is 1.35 bits per heavy atom. The molecule has 1 saturated heterocycles. The molecule has 20 heavy (non-hydrogen) atoms. The van der Waals surface area contributed by atoms with Crippen LogP contribution in [0.4, 0.5) is 0 Å². The minimum absolute atomic E-state index is 0.197. The van der Waals surface area contributed by atoms with Crippen LogP contribution < -0.4 is 0 Å². The summed E-state index contributed by atoms with van der Waals surface area (Å²) in [5, 5.41) is 9.58. The first kappa shape index (κ1) is 15.9. The summed E-state index contributed by atoms with van der Waals surface area (Å²) in [7, 11) is -3.45. The summed E-state index contributed by atoms with van der Waals surface area (Å²) >= 11 is 3.34. The third-order valence-electron chi connectivity index (χ3n) is 3.89. The van der Waals surface area contributed by atoms with Crippen molar-refractivity contribution in [2.24, 2.45) is 5.92 Å². The van der Waals surface area contributed by atoms with Crippen LogP contribution in [0.25, 0.3) is 0 Å². The number of aliphatic hydroxyl groups is 1. The largest absolute Gasteiger partial charge is 0.393 e. The molecule has 0 radical (unpaired) electrons. The van der Waals surface area contributed by atoms with Crippen molar-refractivity contribution in [3.63, 3.8) is 0 Å². The molecule has 1 aromatic carbocycles. The molecule has 0 amide bonds. The van der Waals surface area contributed by atoms with Crippen molar-refractivity contribution in [1.82, 2.24) is 4.31 Å². The lowest BCUT2D eigenvalue weighted by atomic mass is 9.93. The summed E-state index contributed by atoms with van der Waals surface area (Å²) in [5.41, 5.74) is 1.02. The van der Waals surface area contributed by atoms with E-state index in [9.17, 15) is 13.5 Å². The highest BCUT2D eigenvalue weighted by Crippen LogP contribution is 2.29. The summed E-state index contributed by atoms with van der Waals surface area (Å²) in [6.07, 6.45) is 1.05. The molecule has 0 spiro atoms. The zero-order chi connectivity index (χ0) is 14.9. The van der Waals surface area contributed by atoms with Crippen molar-refractivity contribution < 1.29 is 13.5 Å². The molecule has 1 aliphatic rings. The van der Waals surface area contributed by atoms with Crippen LogP contribution in [0.2, 0.25) is 0 Å². The maximum absolute atomic E-state index is 12.6. The molecular weight excluding hydrogens is 342 g/mol. The van der Waals surface area contributed by atoms with Crippen LogP contribution in [-0.2, 0) is 10.0 Å². The summed E-state index contributed by atoms with van der Waals surface area (Å²) in [6.45, 7) is 4.64. The van der Waals surface area contributed by atoms with E-state index in [1.54, 1.807) is 19.1 Å². The molecule has 0 bridgehead atoms. The van der Waals surface area contributed by atoms with Gasteiger partial charge in [0.05, 0.1) is 11.0 Å². The fourth-order valence-corrected chi connectivity index (χ4v) is 5.17. The van der Waals surface area contributed by atoms with Crippen molar-refractivity contribution in [3.05, 3.63) is 28.2 Å². The molecular formula is C14H20BrNO3S. The highest BCUT2D eigenvalue weighted by atomic mass is 79.9. The fourth-order valence-electron chi connectivity index (χ4n) is 2.55. The van der Waals surface area contributed by atoms with Crippen molar-refractivity contribution in [2.75, 3.05) is 13.1 Å². The molecule has 1 fully saturated rings. The molecule has 1 aliphatic heterocycles. The Hall–Kier alpha value is -0.430. The van der Waals surface area contributed by atoms with Crippen molar-refractivity contribution in [3.8, 4) is 0 Å². The van der Waals surface area contributed by atoms with E-state index in [0.29, 0.717) is 35.3 Å². The predicted molar refractivity (Wildman–Crippen MR) is 82.0 cm³/mol. The molecule has 1 atom stereocenters. The number of sulfonamides is 1. The van der Waals surface area contributed by atoms with Gasteiger partial charge in [0.2, 0.25) is 10.0 Å². The fraction of sp³-hybridized carbons (Fsp3) is 0.571. The number of hydrogen-bond acceptors (Lipinski definition) is 3. The first-order chi connectivity index (χ1) is 9.32. The van der Waals surface area contributed by atoms with E-state index in [0.717, 1.165) is 5.56 Å². The van der Waals surface area contributed by atoms with E-state index in [1.807, 2.05) is 13.0 Å². The third-order valence-corrected chi connectivity index (χ3v) is 6.76. The zero-order valence-electron chi connectivity index (χ0n) is 11.7. The molecule has 1 heterocycles. The second kappa shape index (κ2) is 6.13. The van der Waals surface area contributed by atoms with E-state index in [1.165, 1.54) is 4.31 Å². The van der Waals surface area contributed by atoms with Gasteiger partial charge < -0.3 is 5.11 Å². The van der Waals surface area contributed by atoms with E-state index in [2.05, 4.69) is 15.9 Å². The Morgan fingerprint density at radius 2 is 1.95 bits per heavy atom. The van der Waals surface area contributed by atoms with Gasteiger partial charge in [-0.15, -0.1) is 0 Å². The molecule has 1 N–H and O–H groups in total. The number of piperidine rings is 1. The molecule has 1 unspecified atom stereocenters. The molecule has 0 aromatic heterocycles. The quantitative estimate of drug-likeness (QED) is 0.899. The number of halogens is 1. The summed E-state index contributed by atoms with van der Waals surface area (Å²) in [5.74, 6) is 0.197. The molecule has 4 nitrogen and oxygen atoms in total. The van der Waals surface area contributed by atoms with Crippen LogP contribution in [0.5, 0.6) is 0 Å². The van der Waals surface area contributed by atoms with Gasteiger partial charge in [0.25, 0.3) is 0 Å². The van der Waals surface area contributed by atoms with Gasteiger partial charge in [0.15, 0.2) is 0 Å². The van der Waals surface area contributed by atoms with Crippen molar-refractivity contribution in [2.45, 2.75) is 37.7 Å². The van der Waals surface area contributed by atoms with Crippen LogP contribution in [0, 0.1) is 12.8 Å². The molecule has 0 aliphatic carbocycles. The van der Waals surface area contributed by atoms with E-state index in [-0.39, 0.29) is 12.0 Å². The maximum atomic E-state index is 12.6. The Morgan fingerprint density at radius 3 is 2.45 bits per heavy atom. The Kier molecular flexibility index (Phi) is 4.89. The van der Waals surface area contributed by atoms with Crippen molar-refractivity contribution >= 4 is 26.0 Å². The first-order valence-corrected chi connectivity index (χ1v) is 9.00. The number of rotatable bonds is 3. The Labute approximate surface area is 129 Å². The Balaban J connectivity index is 2.20. The lowest BCUT2D eigenvalue weighted by Crippen LogP contribution is -2.40. The summed E-state index contributed by atoms with van der Waals surface area (Å²) < 4.78 is 27.4. The van der Waals surface area contributed by atoms with Crippen LogP contribution in [-0.4, -0.2) is 37.0 Å². The number of nitrogens with zero attached hydrogens (tertiary/aromatic N) is 1. The van der Waals surface area contributed by atoms with Gasteiger partial charge in [-0.1, -0.05) is 6.07 Å². The maximum Gasteiger partial charge on any atom is 0.244 e. The lowest BCUT2D eigenvalue weighted by molar-refractivity contribution is 0.0912. The van der Waals surface area contributed by atoms with Crippen LogP contribution >= 0.6 is 15.9 Å². The average molecular weight is 362 g/mol. The predicted octanol–water partition coefficient (Wildman–Crippen LogP) is 2.54. The number of benzene rings is 1. The second-order valence-electron chi connectivity index (χ2n) is 5.42. The van der Waals surface area contributed by atoms with Gasteiger partial charge in [-0.2, -0.15) is 4.31 Å². The van der Waals surface area contributed by atoms with Gasteiger partial charge in [-0.25, -0.2) is 8.42 Å². The minimum Gasteiger partial charge on any atom is -0.393 e. The number of aliphatic hydroxyl groups excluding tert-OH is 1. The normalized spacial score (nSPS) is 20.0. The molecule has 112 valence electrons. The molecule has 2 rings (SSSR count). The topological polar surface area (TPSA) is 57.6 Å². The highest BCUT2D eigenvalue weighted by Gasteiger charge is 2.31. The SMILES string of the molecule is Cc1ccc(S(=O)(=O)N2CCC(C(C)O)CC2)c(Br)c1. The van der Waals surface area contributed by atoms with Gasteiger partial charge in [-0.3, -0.25) is 0 Å². The monoisotopic (exact) mass is 361 g/mol. The standard InChI is InChI=1S/C14H20BrNO3S/c1-10-3-4-14(13(15)9-10)20(18,19)16-7-5-12(6-8-16)11(2)17/h3-4,9,11-12,17H,5-8H2,1-2H3. The van der Waals surface area contributed by atoms with E-state index < -0.39 is 10.0 Å². The summed E-state index contributed by atoms with van der Waals surface area (Å²) in [4.78, 5) is 0.318. The summed E-state index contributed by atoms with van der Waals surface area (Å²) in [6, 6.07) is 5.27. The van der Waals surface area contributed by atoms with E-state index >= 15 is 0 Å². The van der Waals surface area contributed by atoms with Crippen LogP contribution in [0.15, 0.2) is 27.6 Å². The van der Waals surface area contributed by atoms with Crippen molar-refractivity contribution in [1.29, 1.82) is 0 Å². The minimum atomic E-state index is -3.45. The van der Waals surface area contributed by atoms with Gasteiger partial charge in [0, 0.05) is 17.6 Å². The van der Waals surface area contributed by atoms with Crippen LogP contribution in [0.1, 0.15) is 25.3 Å². The number of aryl methyl sites for hydroxylation is 1. The zero-order valence-corrected chi connectivity index (χ0v) is 14.1. The van der Waals surface area contributed by atoms with Gasteiger partial charge in [0.1, 0.15) is 0 Å². The average Bonchev–Trinajstić information content (AvgIpc) is 2.38. The number of hydrogen-bond donors (Lipinski definition) is 1. The van der Waals surface area contributed by atoms with Gasteiger partial charge in [-0.05, 0) is 66.2 Å². The smallest absolute Gasteiger partial charge is 0.244 e.